The van der Waals surface area contributed by atoms with Gasteiger partial charge in [0.25, 0.3) is 0 Å². The molecule has 0 radical (unpaired) electrons. The fourth-order valence-electron chi connectivity index (χ4n) is 2.73. The zero-order valence-corrected chi connectivity index (χ0v) is 16.5. The van der Waals surface area contributed by atoms with E-state index >= 15 is 0 Å². The Morgan fingerprint density at radius 1 is 1.08 bits per heavy atom. The number of ether oxygens (including phenoxy) is 1. The van der Waals surface area contributed by atoms with Crippen LogP contribution in [0.3, 0.4) is 0 Å². The van der Waals surface area contributed by atoms with Gasteiger partial charge in [-0.05, 0) is 38.4 Å². The van der Waals surface area contributed by atoms with Crippen molar-refractivity contribution in [1.29, 1.82) is 0 Å². The van der Waals surface area contributed by atoms with Gasteiger partial charge in [-0.3, -0.25) is 9.11 Å². The Morgan fingerprint density at radius 2 is 1.73 bits per heavy atom. The second-order valence-electron chi connectivity index (χ2n) is 6.21. The van der Waals surface area contributed by atoms with Crippen LogP contribution in [0.5, 0.6) is 5.75 Å². The highest BCUT2D eigenvalue weighted by Gasteiger charge is 2.40. The standard InChI is InChI=1S/C18H25N3O3S.ClH/c1-20(2)13-12-19-14-18-24-17-11-7-6-10-16(17)21(25(18,22)23)15-8-4-3-5-9-15;/h3-11,18-19,22-23H,12-14H2,1-2H3;1H. The van der Waals surface area contributed by atoms with Gasteiger partial charge in [0, 0.05) is 13.1 Å². The van der Waals surface area contributed by atoms with E-state index in [4.69, 9.17) is 4.74 Å². The van der Waals surface area contributed by atoms with Gasteiger partial charge < -0.3 is 15.0 Å². The summed E-state index contributed by atoms with van der Waals surface area (Å²) < 4.78 is 29.5. The number of halogens is 1. The van der Waals surface area contributed by atoms with Crippen molar-refractivity contribution < 1.29 is 13.8 Å². The molecule has 1 aliphatic heterocycles. The largest absolute Gasteiger partial charge is 0.465 e. The fraction of sp³-hybridized carbons (Fsp3) is 0.333. The van der Waals surface area contributed by atoms with Crippen LogP contribution in [0.1, 0.15) is 0 Å². The predicted molar refractivity (Wildman–Crippen MR) is 111 cm³/mol. The van der Waals surface area contributed by atoms with Gasteiger partial charge in [-0.2, -0.15) is 0 Å². The second kappa shape index (κ2) is 8.94. The lowest BCUT2D eigenvalue weighted by Crippen LogP contribution is -2.45. The molecule has 0 spiro atoms. The van der Waals surface area contributed by atoms with E-state index in [1.54, 1.807) is 4.31 Å². The Labute approximate surface area is 162 Å². The van der Waals surface area contributed by atoms with Crippen molar-refractivity contribution in [3.8, 4) is 5.75 Å². The summed E-state index contributed by atoms with van der Waals surface area (Å²) in [6.45, 7) is 1.97. The molecule has 0 aromatic heterocycles. The predicted octanol–water partition coefficient (Wildman–Crippen LogP) is 3.78. The van der Waals surface area contributed by atoms with Gasteiger partial charge in [0.1, 0.15) is 11.4 Å². The minimum atomic E-state index is -3.20. The summed E-state index contributed by atoms with van der Waals surface area (Å²) in [7, 11) is 0.803. The van der Waals surface area contributed by atoms with Crippen molar-refractivity contribution in [3.05, 3.63) is 54.6 Å². The van der Waals surface area contributed by atoms with Crippen molar-refractivity contribution in [2.45, 2.75) is 5.44 Å². The van der Waals surface area contributed by atoms with E-state index in [1.807, 2.05) is 68.7 Å². The van der Waals surface area contributed by atoms with Gasteiger partial charge in [0.15, 0.2) is 0 Å². The third kappa shape index (κ3) is 4.43. The van der Waals surface area contributed by atoms with E-state index in [0.717, 1.165) is 18.8 Å². The molecule has 1 atom stereocenters. The summed E-state index contributed by atoms with van der Waals surface area (Å²) in [5.41, 5.74) is 0.652. The van der Waals surface area contributed by atoms with Crippen LogP contribution >= 0.6 is 23.2 Å². The van der Waals surface area contributed by atoms with Gasteiger partial charge in [-0.25, -0.2) is 4.31 Å². The summed E-state index contributed by atoms with van der Waals surface area (Å²) in [5.74, 6) is 0.650. The molecule has 6 nitrogen and oxygen atoms in total. The highest BCUT2D eigenvalue weighted by molar-refractivity contribution is 8.26. The van der Waals surface area contributed by atoms with E-state index in [2.05, 4.69) is 10.2 Å². The number of likely N-dealkylation sites (N-methyl/N-ethyl adjacent to an activating group) is 1. The van der Waals surface area contributed by atoms with Crippen LogP contribution in [-0.4, -0.2) is 53.2 Å². The molecule has 1 heterocycles. The molecule has 2 aromatic rings. The van der Waals surface area contributed by atoms with Gasteiger partial charge in [0.2, 0.25) is 5.44 Å². The van der Waals surface area contributed by atoms with E-state index in [1.165, 1.54) is 0 Å². The van der Waals surface area contributed by atoms with Crippen LogP contribution in [0.15, 0.2) is 54.6 Å². The average molecular weight is 400 g/mol. The second-order valence-corrected chi connectivity index (χ2v) is 8.23. The third-order valence-electron chi connectivity index (χ3n) is 4.00. The van der Waals surface area contributed by atoms with Crippen LogP contribution in [0.4, 0.5) is 11.4 Å². The average Bonchev–Trinajstić information content (AvgIpc) is 2.59. The molecule has 3 rings (SSSR count). The molecule has 26 heavy (non-hydrogen) atoms. The summed E-state index contributed by atoms with van der Waals surface area (Å²) in [4.78, 5) is 2.07. The minimum absolute atomic E-state index is 0. The highest BCUT2D eigenvalue weighted by Crippen LogP contribution is 2.60. The van der Waals surface area contributed by atoms with Gasteiger partial charge in [0.05, 0.1) is 12.2 Å². The van der Waals surface area contributed by atoms with Gasteiger partial charge >= 0.3 is 0 Å². The van der Waals surface area contributed by atoms with Crippen molar-refractivity contribution in [2.75, 3.05) is 38.0 Å². The number of hydrogen-bond donors (Lipinski definition) is 3. The first kappa shape index (κ1) is 20.8. The Kier molecular flexibility index (Phi) is 7.16. The molecular formula is C18H26ClN3O3S. The van der Waals surface area contributed by atoms with E-state index in [9.17, 15) is 9.11 Å². The number of benzene rings is 2. The van der Waals surface area contributed by atoms with Crippen molar-refractivity contribution in [1.82, 2.24) is 10.2 Å². The summed E-state index contributed by atoms with van der Waals surface area (Å²) in [6.07, 6.45) is 0. The smallest absolute Gasteiger partial charge is 0.218 e. The molecule has 0 bridgehead atoms. The number of para-hydroxylation sites is 3. The fourth-order valence-corrected chi connectivity index (χ4v) is 4.41. The van der Waals surface area contributed by atoms with Crippen LogP contribution in [0, 0.1) is 0 Å². The normalized spacial score (nSPS) is 19.3. The SMILES string of the molecule is CN(C)CCNCC1Oc2ccccc2N(c2ccccc2)S1(O)O.Cl. The van der Waals surface area contributed by atoms with Crippen LogP contribution in [0.2, 0.25) is 0 Å². The molecule has 1 aliphatic rings. The first-order valence-corrected chi connectivity index (χ1v) is 9.80. The summed E-state index contributed by atoms with van der Waals surface area (Å²) in [5, 5.41) is 3.25. The van der Waals surface area contributed by atoms with Crippen LogP contribution in [0.25, 0.3) is 0 Å². The molecule has 0 saturated heterocycles. The van der Waals surface area contributed by atoms with Crippen LogP contribution < -0.4 is 14.4 Å². The molecular weight excluding hydrogens is 374 g/mol. The number of nitrogens with zero attached hydrogens (tertiary/aromatic N) is 2. The molecule has 0 aliphatic carbocycles. The van der Waals surface area contributed by atoms with Crippen LogP contribution in [-0.2, 0) is 0 Å². The molecule has 2 aromatic carbocycles. The third-order valence-corrected chi connectivity index (χ3v) is 5.91. The number of rotatable bonds is 6. The first-order valence-electron chi connectivity index (χ1n) is 8.23. The zero-order chi connectivity index (χ0) is 17.9. The maximum absolute atomic E-state index is 11.0. The first-order chi connectivity index (χ1) is 12.0. The maximum atomic E-state index is 11.0. The van der Waals surface area contributed by atoms with Crippen molar-refractivity contribution in [3.63, 3.8) is 0 Å². The van der Waals surface area contributed by atoms with E-state index in [-0.39, 0.29) is 12.4 Å². The Bertz CT molecular complexity index is 703. The molecule has 0 saturated carbocycles. The Morgan fingerprint density at radius 3 is 2.42 bits per heavy atom. The molecule has 0 fully saturated rings. The molecule has 1 unspecified atom stereocenters. The van der Waals surface area contributed by atoms with E-state index < -0.39 is 16.2 Å². The number of nitrogens with one attached hydrogen (secondary N) is 1. The topological polar surface area (TPSA) is 68.2 Å². The monoisotopic (exact) mass is 399 g/mol. The lowest BCUT2D eigenvalue weighted by Gasteiger charge is -2.51. The zero-order valence-electron chi connectivity index (χ0n) is 14.9. The lowest BCUT2D eigenvalue weighted by atomic mass is 10.2. The Hall–Kier alpha value is -1.48. The molecule has 8 heteroatoms. The molecule has 3 N–H and O–H groups in total. The van der Waals surface area contributed by atoms with Crippen molar-refractivity contribution in [2.24, 2.45) is 0 Å². The maximum Gasteiger partial charge on any atom is 0.218 e. The summed E-state index contributed by atoms with van der Waals surface area (Å²) >= 11 is 0. The minimum Gasteiger partial charge on any atom is -0.465 e. The van der Waals surface area contributed by atoms with E-state index in [0.29, 0.717) is 18.0 Å². The number of fused-ring (bicyclic) bond motifs is 1. The van der Waals surface area contributed by atoms with Crippen molar-refractivity contribution >= 4 is 34.6 Å². The molecule has 144 valence electrons. The van der Waals surface area contributed by atoms with Gasteiger partial charge in [-0.15, -0.1) is 12.4 Å². The lowest BCUT2D eigenvalue weighted by molar-refractivity contribution is 0.241. The highest BCUT2D eigenvalue weighted by atomic mass is 35.5. The molecule has 0 amide bonds. The summed E-state index contributed by atoms with van der Waals surface area (Å²) in [6, 6.07) is 16.8. The quantitative estimate of drug-likeness (QED) is 0.642. The Balaban J connectivity index is 0.00000243. The number of hydrogen-bond acceptors (Lipinski definition) is 6. The number of anilines is 2. The van der Waals surface area contributed by atoms with Gasteiger partial charge in [-0.1, -0.05) is 41.1 Å².